The highest BCUT2D eigenvalue weighted by Crippen LogP contribution is 2.23. The van der Waals surface area contributed by atoms with E-state index in [1.807, 2.05) is 6.07 Å². The van der Waals surface area contributed by atoms with Crippen molar-refractivity contribution in [1.82, 2.24) is 10.2 Å². The number of carbonyl (C=O) groups is 2. The molecule has 7 heteroatoms. The van der Waals surface area contributed by atoms with Gasteiger partial charge >= 0.3 is 6.09 Å². The molecule has 1 fully saturated rings. The summed E-state index contributed by atoms with van der Waals surface area (Å²) in [5.74, 6) is -0.395. The average Bonchev–Trinajstić information content (AvgIpc) is 2.50. The fourth-order valence-electron chi connectivity index (χ4n) is 2.66. The van der Waals surface area contributed by atoms with Crippen LogP contribution >= 0.6 is 11.6 Å². The molecule has 1 aromatic rings. The minimum absolute atomic E-state index is 0.0272. The Morgan fingerprint density at radius 1 is 1.40 bits per heavy atom. The average molecular weight is 371 g/mol. The molecular weight excluding hydrogens is 347 g/mol. The number of rotatable bonds is 3. The van der Waals surface area contributed by atoms with Crippen LogP contribution in [-0.2, 0) is 16.1 Å². The number of likely N-dealkylation sites (tertiary alicyclic amines) is 1. The van der Waals surface area contributed by atoms with Crippen LogP contribution in [0.15, 0.2) is 24.3 Å². The Labute approximate surface area is 152 Å². The fraction of sp³-hybridized carbons (Fsp3) is 0.556. The van der Waals surface area contributed by atoms with Gasteiger partial charge in [-0.2, -0.15) is 0 Å². The number of nitrogens with zero attached hydrogens (tertiary/aromatic N) is 1. The van der Waals surface area contributed by atoms with Gasteiger partial charge in [-0.1, -0.05) is 23.7 Å². The summed E-state index contributed by atoms with van der Waals surface area (Å²) in [4.78, 5) is 26.2. The first kappa shape index (κ1) is 19.5. The molecule has 25 heavy (non-hydrogen) atoms. The van der Waals surface area contributed by atoms with Gasteiger partial charge in [0.05, 0.1) is 0 Å². The van der Waals surface area contributed by atoms with Gasteiger partial charge < -0.3 is 10.1 Å². The lowest BCUT2D eigenvalue weighted by molar-refractivity contribution is -0.128. The zero-order valence-electron chi connectivity index (χ0n) is 14.7. The molecule has 0 radical (unpaired) electrons. The summed E-state index contributed by atoms with van der Waals surface area (Å²) in [5.41, 5.74) is 0.156. The molecule has 1 aromatic carbocycles. The van der Waals surface area contributed by atoms with Crippen LogP contribution in [0.5, 0.6) is 0 Å². The third kappa shape index (κ3) is 5.88. The number of benzene rings is 1. The number of hydrogen-bond acceptors (Lipinski definition) is 3. The molecule has 1 aliphatic heterocycles. The number of carbonyl (C=O) groups excluding carboxylic acids is 2. The number of halogens is 2. The smallest absolute Gasteiger partial charge is 0.410 e. The quantitative estimate of drug-likeness (QED) is 0.882. The van der Waals surface area contributed by atoms with Crippen molar-refractivity contribution in [2.75, 3.05) is 6.54 Å². The summed E-state index contributed by atoms with van der Waals surface area (Å²) >= 11 is 5.92. The van der Waals surface area contributed by atoms with Crippen LogP contribution in [0.2, 0.25) is 5.02 Å². The van der Waals surface area contributed by atoms with Gasteiger partial charge in [-0.3, -0.25) is 9.69 Å². The van der Waals surface area contributed by atoms with E-state index in [9.17, 15) is 14.0 Å². The molecule has 1 aliphatic rings. The van der Waals surface area contributed by atoms with Crippen LogP contribution in [-0.4, -0.2) is 41.3 Å². The number of nitrogens with one attached hydrogen (secondary N) is 1. The summed E-state index contributed by atoms with van der Waals surface area (Å²) in [5, 5.41) is 3.32. The zero-order valence-corrected chi connectivity index (χ0v) is 15.5. The van der Waals surface area contributed by atoms with Gasteiger partial charge in [0.1, 0.15) is 17.8 Å². The van der Waals surface area contributed by atoms with Gasteiger partial charge in [0, 0.05) is 24.5 Å². The third-order valence-corrected chi connectivity index (χ3v) is 4.06. The van der Waals surface area contributed by atoms with Crippen LogP contribution < -0.4 is 5.32 Å². The molecule has 0 aromatic heterocycles. The minimum Gasteiger partial charge on any atom is -0.444 e. The van der Waals surface area contributed by atoms with Crippen molar-refractivity contribution in [2.24, 2.45) is 0 Å². The van der Waals surface area contributed by atoms with Gasteiger partial charge in [0.2, 0.25) is 5.91 Å². The number of piperidine rings is 1. The molecule has 2 amide bonds. The first-order valence-electron chi connectivity index (χ1n) is 8.31. The Morgan fingerprint density at radius 2 is 2.12 bits per heavy atom. The normalized spacial score (nSPS) is 20.9. The summed E-state index contributed by atoms with van der Waals surface area (Å²) in [6, 6.07) is 6.22. The molecule has 1 heterocycles. The molecule has 0 saturated carbocycles. The van der Waals surface area contributed by atoms with Crippen molar-refractivity contribution < 1.29 is 18.7 Å². The van der Waals surface area contributed by atoms with Crippen molar-refractivity contribution >= 4 is 23.6 Å². The Morgan fingerprint density at radius 3 is 2.76 bits per heavy atom. The maximum Gasteiger partial charge on any atom is 0.410 e. The second kappa shape index (κ2) is 8.04. The molecule has 0 spiro atoms. The molecule has 1 N–H and O–H groups in total. The van der Waals surface area contributed by atoms with Gasteiger partial charge in [0.25, 0.3) is 0 Å². The Balaban J connectivity index is 2.03. The van der Waals surface area contributed by atoms with Gasteiger partial charge in [-0.15, -0.1) is 0 Å². The number of hydrogen-bond donors (Lipinski definition) is 1. The van der Waals surface area contributed by atoms with E-state index in [1.165, 1.54) is 4.90 Å². The molecule has 2 atom stereocenters. The van der Waals surface area contributed by atoms with Crippen molar-refractivity contribution in [1.29, 1.82) is 0 Å². The molecule has 2 rings (SSSR count). The molecular formula is C18H24ClFN2O3. The standard InChI is InChI=1S/C18H24ClFN2O3/c1-18(2,3)25-17(24)22-8-7-14(20)10-15(22)16(23)21-11-12-5-4-6-13(19)9-12/h4-6,9,14-15H,7-8,10-11H2,1-3H3,(H,21,23). The van der Waals surface area contributed by atoms with Crippen LogP contribution in [0.25, 0.3) is 0 Å². The fourth-order valence-corrected chi connectivity index (χ4v) is 2.88. The molecule has 1 saturated heterocycles. The maximum atomic E-state index is 13.8. The van der Waals surface area contributed by atoms with Crippen molar-refractivity contribution in [3.05, 3.63) is 34.9 Å². The highest BCUT2D eigenvalue weighted by molar-refractivity contribution is 6.30. The first-order chi connectivity index (χ1) is 11.7. The summed E-state index contributed by atoms with van der Waals surface area (Å²) < 4.78 is 19.1. The van der Waals surface area contributed by atoms with E-state index >= 15 is 0 Å². The maximum absolute atomic E-state index is 13.8. The number of ether oxygens (including phenoxy) is 1. The highest BCUT2D eigenvalue weighted by Gasteiger charge is 2.38. The monoisotopic (exact) mass is 370 g/mol. The minimum atomic E-state index is -1.11. The van der Waals surface area contributed by atoms with Crippen LogP contribution in [0, 0.1) is 0 Å². The van der Waals surface area contributed by atoms with Gasteiger partial charge in [0.15, 0.2) is 0 Å². The lowest BCUT2D eigenvalue weighted by Crippen LogP contribution is -2.55. The van der Waals surface area contributed by atoms with E-state index in [0.717, 1.165) is 5.56 Å². The zero-order chi connectivity index (χ0) is 18.6. The molecule has 5 nitrogen and oxygen atoms in total. The predicted octanol–water partition coefficient (Wildman–Crippen LogP) is 3.69. The SMILES string of the molecule is CC(C)(C)OC(=O)N1CCC(F)CC1C(=O)NCc1cccc(Cl)c1. The second-order valence-electron chi connectivity index (χ2n) is 7.16. The lowest BCUT2D eigenvalue weighted by Gasteiger charge is -2.37. The van der Waals surface area contributed by atoms with Crippen LogP contribution in [0.1, 0.15) is 39.2 Å². The molecule has 0 bridgehead atoms. The molecule has 0 aliphatic carbocycles. The topological polar surface area (TPSA) is 58.6 Å². The first-order valence-corrected chi connectivity index (χ1v) is 8.69. The second-order valence-corrected chi connectivity index (χ2v) is 7.60. The highest BCUT2D eigenvalue weighted by atomic mass is 35.5. The Bertz CT molecular complexity index is 633. The van der Waals surface area contributed by atoms with Crippen molar-refractivity contribution in [3.8, 4) is 0 Å². The van der Waals surface area contributed by atoms with Crippen LogP contribution in [0.3, 0.4) is 0 Å². The third-order valence-electron chi connectivity index (χ3n) is 3.82. The lowest BCUT2D eigenvalue weighted by atomic mass is 10.00. The van der Waals surface area contributed by atoms with Crippen molar-refractivity contribution in [2.45, 2.75) is 58.0 Å². The summed E-state index contributed by atoms with van der Waals surface area (Å²) in [7, 11) is 0. The van der Waals surface area contributed by atoms with E-state index < -0.39 is 29.8 Å². The molecule has 2 unspecified atom stereocenters. The van der Waals surface area contributed by atoms with Crippen LogP contribution in [0.4, 0.5) is 9.18 Å². The van der Waals surface area contributed by atoms with E-state index in [2.05, 4.69) is 5.32 Å². The van der Waals surface area contributed by atoms with Gasteiger partial charge in [-0.25, -0.2) is 9.18 Å². The predicted molar refractivity (Wildman–Crippen MR) is 94.2 cm³/mol. The number of alkyl halides is 1. The van der Waals surface area contributed by atoms with E-state index in [4.69, 9.17) is 16.3 Å². The van der Waals surface area contributed by atoms with E-state index in [-0.39, 0.29) is 25.9 Å². The Kier molecular flexibility index (Phi) is 6.27. The summed E-state index contributed by atoms with van der Waals surface area (Å²) in [6.07, 6.45) is -1.53. The van der Waals surface area contributed by atoms with E-state index in [0.29, 0.717) is 5.02 Å². The van der Waals surface area contributed by atoms with Gasteiger partial charge in [-0.05, 0) is 44.9 Å². The Hall–Kier alpha value is -1.82. The van der Waals surface area contributed by atoms with E-state index in [1.54, 1.807) is 39.0 Å². The molecule has 138 valence electrons. The van der Waals surface area contributed by atoms with Crippen molar-refractivity contribution in [3.63, 3.8) is 0 Å². The largest absolute Gasteiger partial charge is 0.444 e. The summed E-state index contributed by atoms with van der Waals surface area (Å²) in [6.45, 7) is 5.67. The number of amides is 2.